The Hall–Kier alpha value is -5.77. The SMILES string of the molecule is C=CCCCCC[C@H](NC(=O)OC1CCCC1)C(=O)N1C[C@H](Oc2cc(-c3ccccc3)nc3c4ccccc4nn23)C[C@H]1C(=O)N[C@]1(C(=O)NS(=O)(=O)C2CC2)C[C@H]1C=C. The van der Waals surface area contributed by atoms with Crippen LogP contribution in [-0.2, 0) is 29.1 Å². The first-order valence-electron chi connectivity index (χ1n) is 21.4. The number of fused-ring (bicyclic) bond motifs is 3. The largest absolute Gasteiger partial charge is 0.472 e. The fourth-order valence-electron chi connectivity index (χ4n) is 8.62. The molecule has 0 bridgehead atoms. The van der Waals surface area contributed by atoms with Crippen LogP contribution in [0.3, 0.4) is 0 Å². The van der Waals surface area contributed by atoms with Crippen LogP contribution in [0.25, 0.3) is 27.8 Å². The van der Waals surface area contributed by atoms with Gasteiger partial charge in [-0.15, -0.1) is 13.2 Å². The van der Waals surface area contributed by atoms with E-state index in [1.54, 1.807) is 10.6 Å². The number of hydrogen-bond acceptors (Lipinski definition) is 10. The Labute approximate surface area is 355 Å². The minimum Gasteiger partial charge on any atom is -0.472 e. The number of hydrogen-bond donors (Lipinski definition) is 3. The first-order valence-corrected chi connectivity index (χ1v) is 22.9. The van der Waals surface area contributed by atoms with Crippen LogP contribution in [0.5, 0.6) is 5.88 Å². The Morgan fingerprint density at radius 3 is 2.43 bits per heavy atom. The second-order valence-electron chi connectivity index (χ2n) is 16.7. The normalized spacial score (nSPS) is 23.0. The number of rotatable bonds is 18. The number of alkyl carbamates (subject to hydrolysis) is 1. The molecule has 0 radical (unpaired) electrons. The zero-order valence-electron chi connectivity index (χ0n) is 34.2. The van der Waals surface area contributed by atoms with Gasteiger partial charge in [-0.1, -0.05) is 67.5 Å². The van der Waals surface area contributed by atoms with E-state index in [1.807, 2.05) is 60.7 Å². The molecular formula is C45H53N7O8S. The minimum atomic E-state index is -3.92. The molecule has 2 aromatic carbocycles. The summed E-state index contributed by atoms with van der Waals surface area (Å²) < 4.78 is 42.0. The van der Waals surface area contributed by atoms with Crippen molar-refractivity contribution >= 4 is 50.4 Å². The third kappa shape index (κ3) is 9.14. The number of allylic oxidation sites excluding steroid dienone is 1. The van der Waals surface area contributed by atoms with E-state index in [0.717, 1.165) is 55.9 Å². The predicted molar refractivity (Wildman–Crippen MR) is 229 cm³/mol. The molecule has 1 aliphatic heterocycles. The van der Waals surface area contributed by atoms with Crippen molar-refractivity contribution in [2.75, 3.05) is 6.54 Å². The van der Waals surface area contributed by atoms with Gasteiger partial charge in [0.25, 0.3) is 5.91 Å². The van der Waals surface area contributed by atoms with Gasteiger partial charge in [-0.2, -0.15) is 9.61 Å². The highest BCUT2D eigenvalue weighted by Crippen LogP contribution is 2.45. The van der Waals surface area contributed by atoms with Gasteiger partial charge in [0.1, 0.15) is 29.8 Å². The molecule has 3 aliphatic carbocycles. The topological polar surface area (TPSA) is 190 Å². The summed E-state index contributed by atoms with van der Waals surface area (Å²) in [5.74, 6) is -2.19. The van der Waals surface area contributed by atoms with Crippen LogP contribution in [0, 0.1) is 5.92 Å². The monoisotopic (exact) mass is 851 g/mol. The molecule has 322 valence electrons. The van der Waals surface area contributed by atoms with Crippen LogP contribution in [0.2, 0.25) is 0 Å². The molecule has 0 spiro atoms. The van der Waals surface area contributed by atoms with Gasteiger partial charge < -0.3 is 25.0 Å². The Balaban J connectivity index is 1.11. The van der Waals surface area contributed by atoms with E-state index in [2.05, 4.69) is 28.5 Å². The molecule has 4 aromatic rings. The van der Waals surface area contributed by atoms with Crippen molar-refractivity contribution < 1.29 is 37.1 Å². The van der Waals surface area contributed by atoms with Crippen LogP contribution < -0.4 is 20.1 Å². The number of nitrogens with zero attached hydrogens (tertiary/aromatic N) is 4. The van der Waals surface area contributed by atoms with E-state index in [4.69, 9.17) is 19.6 Å². The number of sulfonamides is 1. The maximum absolute atomic E-state index is 14.8. The number of nitrogens with one attached hydrogen (secondary N) is 3. The lowest BCUT2D eigenvalue weighted by Crippen LogP contribution is -2.58. The van der Waals surface area contributed by atoms with E-state index in [9.17, 15) is 27.6 Å². The molecule has 4 fully saturated rings. The molecule has 61 heavy (non-hydrogen) atoms. The minimum absolute atomic E-state index is 0.0122. The highest BCUT2D eigenvalue weighted by atomic mass is 32.2. The molecule has 0 unspecified atom stereocenters. The molecule has 8 rings (SSSR count). The molecule has 15 nitrogen and oxygen atoms in total. The van der Waals surface area contributed by atoms with Crippen LogP contribution in [0.4, 0.5) is 4.79 Å². The lowest BCUT2D eigenvalue weighted by Gasteiger charge is -2.30. The van der Waals surface area contributed by atoms with E-state index in [-0.39, 0.29) is 25.5 Å². The Kier molecular flexibility index (Phi) is 12.2. The smallest absolute Gasteiger partial charge is 0.408 e. The van der Waals surface area contributed by atoms with Crippen LogP contribution in [0.1, 0.15) is 83.5 Å². The van der Waals surface area contributed by atoms with E-state index in [1.165, 1.54) is 11.0 Å². The zero-order valence-corrected chi connectivity index (χ0v) is 35.0. The summed E-state index contributed by atoms with van der Waals surface area (Å²) in [6.07, 6.45) is 9.53. The Morgan fingerprint density at radius 2 is 1.70 bits per heavy atom. The van der Waals surface area contributed by atoms with E-state index in [0.29, 0.717) is 48.4 Å². The molecule has 4 aliphatic rings. The summed E-state index contributed by atoms with van der Waals surface area (Å²) in [7, 11) is -3.92. The fourth-order valence-corrected chi connectivity index (χ4v) is 9.98. The number of benzene rings is 2. The number of likely N-dealkylation sites (tertiary alicyclic amines) is 1. The molecular weight excluding hydrogens is 799 g/mol. The molecule has 4 amide bonds. The van der Waals surface area contributed by atoms with Gasteiger partial charge in [-0.05, 0) is 76.3 Å². The summed E-state index contributed by atoms with van der Waals surface area (Å²) in [5.41, 5.74) is 1.17. The number of unbranched alkanes of at least 4 members (excludes halogenated alkanes) is 3. The Bertz CT molecular complexity index is 2430. The first-order chi connectivity index (χ1) is 29.5. The predicted octanol–water partition coefficient (Wildman–Crippen LogP) is 5.74. The van der Waals surface area contributed by atoms with Crippen molar-refractivity contribution in [2.24, 2.45) is 5.92 Å². The van der Waals surface area contributed by atoms with E-state index >= 15 is 0 Å². The maximum Gasteiger partial charge on any atom is 0.408 e. The quantitative estimate of drug-likeness (QED) is 0.0822. The third-order valence-electron chi connectivity index (χ3n) is 12.3. The number of amides is 4. The van der Waals surface area contributed by atoms with Crippen molar-refractivity contribution in [2.45, 2.75) is 119 Å². The van der Waals surface area contributed by atoms with Gasteiger partial charge in [0.05, 0.1) is 23.0 Å². The second kappa shape index (κ2) is 17.7. The number of aromatic nitrogens is 3. The number of carbonyl (C=O) groups is 4. The van der Waals surface area contributed by atoms with Crippen molar-refractivity contribution in [3.8, 4) is 17.1 Å². The standard InChI is InChI=1S/C45H53N7O8S/c1-3-5-6-7-11-22-36(47-44(56)60-31-18-12-13-19-31)42(54)51-28-32(25-38(51)41(53)48-45(27-30(45)4-2)43(55)50-61(57,58)33-23-24-33)59-39-26-37(29-16-9-8-10-17-29)46-40-34-20-14-15-21-35(34)49-52(39)40/h3-4,8-10,14-17,20-21,26,30-33,36,38H,1-2,5-7,11-13,18-19,22-25,27-28H2,(H,47,56)(H,48,53)(H,50,55)/t30-,32-,36+,38+,45-/m1/s1. The summed E-state index contributed by atoms with van der Waals surface area (Å²) in [6.45, 7) is 7.57. The molecule has 3 heterocycles. The highest BCUT2D eigenvalue weighted by molar-refractivity contribution is 7.91. The summed E-state index contributed by atoms with van der Waals surface area (Å²) in [5, 5.41) is 10.6. The van der Waals surface area contributed by atoms with Gasteiger partial charge in [-0.25, -0.2) is 18.2 Å². The lowest BCUT2D eigenvalue weighted by atomic mass is 10.0. The average Bonchev–Trinajstić information content (AvgIpc) is 4.08. The average molecular weight is 852 g/mol. The lowest BCUT2D eigenvalue weighted by molar-refractivity contribution is -0.141. The van der Waals surface area contributed by atoms with E-state index < -0.39 is 68.7 Å². The summed E-state index contributed by atoms with van der Waals surface area (Å²) >= 11 is 0. The number of ether oxygens (including phenoxy) is 2. The van der Waals surface area contributed by atoms with Gasteiger partial charge in [0, 0.05) is 29.4 Å². The molecule has 16 heteroatoms. The van der Waals surface area contributed by atoms with Crippen molar-refractivity contribution in [3.63, 3.8) is 0 Å². The maximum atomic E-state index is 14.8. The molecule has 3 N–H and O–H groups in total. The molecule has 3 saturated carbocycles. The zero-order chi connectivity index (χ0) is 42.7. The van der Waals surface area contributed by atoms with Crippen molar-refractivity contribution in [3.05, 3.63) is 86.0 Å². The van der Waals surface area contributed by atoms with Crippen molar-refractivity contribution in [1.29, 1.82) is 0 Å². The fraction of sp³-hybridized carbons (Fsp3) is 0.467. The molecule has 1 saturated heterocycles. The number of carbonyl (C=O) groups excluding carboxylic acids is 4. The van der Waals surface area contributed by atoms with Crippen LogP contribution in [-0.4, -0.2) is 93.4 Å². The Morgan fingerprint density at radius 1 is 0.951 bits per heavy atom. The van der Waals surface area contributed by atoms with Crippen LogP contribution >= 0.6 is 0 Å². The molecule has 2 aromatic heterocycles. The first kappa shape index (κ1) is 41.9. The van der Waals surface area contributed by atoms with Gasteiger partial charge in [0.15, 0.2) is 5.65 Å². The summed E-state index contributed by atoms with van der Waals surface area (Å²) in [6, 6.07) is 16.8. The van der Waals surface area contributed by atoms with Crippen LogP contribution in [0.15, 0.2) is 86.0 Å². The van der Waals surface area contributed by atoms with Gasteiger partial charge >= 0.3 is 6.09 Å². The highest BCUT2D eigenvalue weighted by Gasteiger charge is 2.62. The summed E-state index contributed by atoms with van der Waals surface area (Å²) in [4.78, 5) is 62.8. The second-order valence-corrected chi connectivity index (χ2v) is 18.7. The van der Waals surface area contributed by atoms with Gasteiger partial charge in [-0.3, -0.25) is 19.1 Å². The third-order valence-corrected chi connectivity index (χ3v) is 14.1. The van der Waals surface area contributed by atoms with Gasteiger partial charge in [0.2, 0.25) is 27.7 Å². The van der Waals surface area contributed by atoms with Crippen molar-refractivity contribution in [1.82, 2.24) is 34.9 Å². The molecule has 5 atom stereocenters.